The number of rotatable bonds is 3. The third-order valence-corrected chi connectivity index (χ3v) is 2.69. The highest BCUT2D eigenvalue weighted by atomic mass is 16.4. The smallest absolute Gasteiger partial charge is 0.309 e. The molecular formula is C8H14N2O2. The lowest BCUT2D eigenvalue weighted by Crippen LogP contribution is -2.56. The number of likely N-dealkylation sites (tertiary alicyclic amines) is 1. The van der Waals surface area contributed by atoms with Gasteiger partial charge >= 0.3 is 5.97 Å². The van der Waals surface area contributed by atoms with Crippen molar-refractivity contribution < 1.29 is 9.90 Å². The van der Waals surface area contributed by atoms with Crippen molar-refractivity contribution in [1.82, 2.24) is 10.2 Å². The maximum Gasteiger partial charge on any atom is 0.309 e. The van der Waals surface area contributed by atoms with Crippen LogP contribution in [0.4, 0.5) is 0 Å². The van der Waals surface area contributed by atoms with Crippen LogP contribution in [-0.4, -0.2) is 48.7 Å². The summed E-state index contributed by atoms with van der Waals surface area (Å²) in [6.07, 6.45) is 0. The molecule has 0 unspecified atom stereocenters. The Morgan fingerprint density at radius 3 is 2.58 bits per heavy atom. The molecule has 68 valence electrons. The lowest BCUT2D eigenvalue weighted by Gasteiger charge is -2.41. The van der Waals surface area contributed by atoms with Crippen molar-refractivity contribution in [3.63, 3.8) is 0 Å². The molecule has 0 bridgehead atoms. The van der Waals surface area contributed by atoms with Crippen LogP contribution in [0, 0.1) is 11.8 Å². The second kappa shape index (κ2) is 3.03. The Labute approximate surface area is 71.5 Å². The van der Waals surface area contributed by atoms with Crippen LogP contribution in [0.1, 0.15) is 0 Å². The van der Waals surface area contributed by atoms with Gasteiger partial charge in [-0.1, -0.05) is 0 Å². The maximum absolute atomic E-state index is 10.5. The summed E-state index contributed by atoms with van der Waals surface area (Å²) in [6.45, 7) is 4.80. The molecule has 0 spiro atoms. The van der Waals surface area contributed by atoms with E-state index in [2.05, 4.69) is 10.2 Å². The summed E-state index contributed by atoms with van der Waals surface area (Å²) in [5, 5.41) is 11.8. The second-order valence-electron chi connectivity index (χ2n) is 3.78. The largest absolute Gasteiger partial charge is 0.481 e. The molecule has 0 atom stereocenters. The van der Waals surface area contributed by atoms with Gasteiger partial charge in [0.15, 0.2) is 0 Å². The third-order valence-electron chi connectivity index (χ3n) is 2.69. The molecule has 2 aliphatic rings. The summed E-state index contributed by atoms with van der Waals surface area (Å²) >= 11 is 0. The molecule has 0 aromatic rings. The maximum atomic E-state index is 10.5. The van der Waals surface area contributed by atoms with E-state index in [9.17, 15) is 4.79 Å². The summed E-state index contributed by atoms with van der Waals surface area (Å²) in [7, 11) is 0. The monoisotopic (exact) mass is 170 g/mol. The molecule has 0 amide bonds. The van der Waals surface area contributed by atoms with Crippen LogP contribution >= 0.6 is 0 Å². The fourth-order valence-electron chi connectivity index (χ4n) is 1.72. The molecule has 2 N–H and O–H groups in total. The first kappa shape index (κ1) is 8.01. The summed E-state index contributed by atoms with van der Waals surface area (Å²) in [6, 6.07) is 0. The van der Waals surface area contributed by atoms with Crippen molar-refractivity contribution in [2.24, 2.45) is 11.8 Å². The van der Waals surface area contributed by atoms with E-state index in [1.54, 1.807) is 0 Å². The van der Waals surface area contributed by atoms with Gasteiger partial charge in [0.1, 0.15) is 0 Å². The van der Waals surface area contributed by atoms with Gasteiger partial charge in [-0.2, -0.15) is 0 Å². The lowest BCUT2D eigenvalue weighted by atomic mass is 9.96. The van der Waals surface area contributed by atoms with E-state index in [0.717, 1.165) is 38.6 Å². The Kier molecular flexibility index (Phi) is 2.02. The molecule has 0 aromatic heterocycles. The first-order valence-electron chi connectivity index (χ1n) is 4.41. The predicted octanol–water partition coefficient (Wildman–Crippen LogP) is -0.778. The zero-order chi connectivity index (χ0) is 8.55. The molecule has 0 aromatic carbocycles. The SMILES string of the molecule is O=C(O)C1CN(CC2CNC2)C1. The topological polar surface area (TPSA) is 52.6 Å². The van der Waals surface area contributed by atoms with Crippen molar-refractivity contribution in [3.8, 4) is 0 Å². The Morgan fingerprint density at radius 2 is 2.17 bits per heavy atom. The van der Waals surface area contributed by atoms with Crippen LogP contribution in [-0.2, 0) is 4.79 Å². The molecule has 2 heterocycles. The molecule has 4 nitrogen and oxygen atoms in total. The fourth-order valence-corrected chi connectivity index (χ4v) is 1.72. The van der Waals surface area contributed by atoms with Gasteiger partial charge in [-0.3, -0.25) is 4.79 Å². The highest BCUT2D eigenvalue weighted by Gasteiger charge is 2.34. The average Bonchev–Trinajstić information content (AvgIpc) is 1.79. The minimum absolute atomic E-state index is 0.0990. The van der Waals surface area contributed by atoms with Crippen molar-refractivity contribution in [2.45, 2.75) is 0 Å². The van der Waals surface area contributed by atoms with Gasteiger partial charge in [0.2, 0.25) is 0 Å². The van der Waals surface area contributed by atoms with Crippen molar-refractivity contribution in [2.75, 3.05) is 32.7 Å². The van der Waals surface area contributed by atoms with Crippen LogP contribution in [0.2, 0.25) is 0 Å². The lowest BCUT2D eigenvalue weighted by molar-refractivity contribution is -0.147. The normalized spacial score (nSPS) is 26.3. The highest BCUT2D eigenvalue weighted by molar-refractivity contribution is 5.71. The molecule has 4 heteroatoms. The molecule has 2 saturated heterocycles. The first-order valence-corrected chi connectivity index (χ1v) is 4.41. The van der Waals surface area contributed by atoms with Gasteiger partial charge in [-0.15, -0.1) is 0 Å². The Morgan fingerprint density at radius 1 is 1.50 bits per heavy atom. The van der Waals surface area contributed by atoms with Gasteiger partial charge in [-0.05, 0) is 5.92 Å². The fraction of sp³-hybridized carbons (Fsp3) is 0.875. The van der Waals surface area contributed by atoms with E-state index in [0.29, 0.717) is 0 Å². The molecule has 2 aliphatic heterocycles. The highest BCUT2D eigenvalue weighted by Crippen LogP contribution is 2.18. The van der Waals surface area contributed by atoms with E-state index >= 15 is 0 Å². The Bertz CT molecular complexity index is 185. The first-order chi connectivity index (χ1) is 5.75. The van der Waals surface area contributed by atoms with E-state index in [-0.39, 0.29) is 5.92 Å². The summed E-state index contributed by atoms with van der Waals surface area (Å²) < 4.78 is 0. The third kappa shape index (κ3) is 1.44. The standard InChI is InChI=1S/C8H14N2O2/c11-8(12)7-4-10(5-7)3-6-1-9-2-6/h6-7,9H,1-5H2,(H,11,12). The van der Waals surface area contributed by atoms with Crippen LogP contribution < -0.4 is 5.32 Å². The number of hydrogen-bond acceptors (Lipinski definition) is 3. The molecule has 0 radical (unpaired) electrons. The average molecular weight is 170 g/mol. The number of nitrogens with one attached hydrogen (secondary N) is 1. The zero-order valence-corrected chi connectivity index (χ0v) is 6.99. The number of nitrogens with zero attached hydrogens (tertiary/aromatic N) is 1. The van der Waals surface area contributed by atoms with Gasteiger partial charge in [0.25, 0.3) is 0 Å². The number of carboxylic acids is 1. The van der Waals surface area contributed by atoms with Crippen LogP contribution in [0.5, 0.6) is 0 Å². The van der Waals surface area contributed by atoms with Gasteiger partial charge < -0.3 is 15.3 Å². The number of hydrogen-bond donors (Lipinski definition) is 2. The summed E-state index contributed by atoms with van der Waals surface area (Å²) in [5.74, 6) is 0.0239. The van der Waals surface area contributed by atoms with E-state index < -0.39 is 5.97 Å². The van der Waals surface area contributed by atoms with Crippen LogP contribution in [0.15, 0.2) is 0 Å². The number of carbonyl (C=O) groups is 1. The minimum Gasteiger partial charge on any atom is -0.481 e. The second-order valence-corrected chi connectivity index (χ2v) is 3.78. The molecule has 0 aliphatic carbocycles. The van der Waals surface area contributed by atoms with Gasteiger partial charge in [-0.25, -0.2) is 0 Å². The van der Waals surface area contributed by atoms with Crippen molar-refractivity contribution in [3.05, 3.63) is 0 Å². The molecule has 2 rings (SSSR count). The molecule has 2 fully saturated rings. The molecule has 12 heavy (non-hydrogen) atoms. The number of carboxylic acid groups (broad SMARTS) is 1. The van der Waals surface area contributed by atoms with Crippen LogP contribution in [0.3, 0.4) is 0 Å². The zero-order valence-electron chi connectivity index (χ0n) is 6.99. The summed E-state index contributed by atoms with van der Waals surface area (Å²) in [4.78, 5) is 12.7. The quantitative estimate of drug-likeness (QED) is 0.583. The Balaban J connectivity index is 1.64. The van der Waals surface area contributed by atoms with E-state index in [1.807, 2.05) is 0 Å². The predicted molar refractivity (Wildman–Crippen MR) is 43.9 cm³/mol. The van der Waals surface area contributed by atoms with Gasteiger partial charge in [0.05, 0.1) is 5.92 Å². The van der Waals surface area contributed by atoms with E-state index in [4.69, 9.17) is 5.11 Å². The molecular weight excluding hydrogens is 156 g/mol. The minimum atomic E-state index is -0.641. The van der Waals surface area contributed by atoms with E-state index in [1.165, 1.54) is 0 Å². The molecule has 0 saturated carbocycles. The van der Waals surface area contributed by atoms with Crippen molar-refractivity contribution in [1.29, 1.82) is 0 Å². The van der Waals surface area contributed by atoms with Gasteiger partial charge in [0, 0.05) is 32.7 Å². The van der Waals surface area contributed by atoms with Crippen LogP contribution in [0.25, 0.3) is 0 Å². The summed E-state index contributed by atoms with van der Waals surface area (Å²) in [5.41, 5.74) is 0. The Hall–Kier alpha value is -0.610. The van der Waals surface area contributed by atoms with Crippen molar-refractivity contribution >= 4 is 5.97 Å². The number of aliphatic carboxylic acids is 1.